The lowest BCUT2D eigenvalue weighted by Crippen LogP contribution is -2.15. The zero-order valence-electron chi connectivity index (χ0n) is 9.31. The van der Waals surface area contributed by atoms with Gasteiger partial charge in [-0.05, 0) is 25.7 Å². The second kappa shape index (κ2) is 6.14. The van der Waals surface area contributed by atoms with E-state index < -0.39 is 0 Å². The highest BCUT2D eigenvalue weighted by atomic mass is 16.1. The summed E-state index contributed by atoms with van der Waals surface area (Å²) < 4.78 is 0. The summed E-state index contributed by atoms with van der Waals surface area (Å²) in [5, 5.41) is 0. The molecule has 0 aromatic heterocycles. The molecule has 0 aliphatic carbocycles. The van der Waals surface area contributed by atoms with Crippen LogP contribution in [0.2, 0.25) is 0 Å². The molecular weight excluding hydrogens is 186 g/mol. The van der Waals surface area contributed by atoms with Gasteiger partial charge in [-0.1, -0.05) is 36.4 Å². The van der Waals surface area contributed by atoms with Crippen molar-refractivity contribution in [2.45, 2.75) is 6.42 Å². The Hall–Kier alpha value is -1.41. The minimum absolute atomic E-state index is 0.174. The fourth-order valence-electron chi connectivity index (χ4n) is 1.17. The Labute approximate surface area is 91.2 Å². The van der Waals surface area contributed by atoms with E-state index in [-0.39, 0.29) is 5.78 Å². The van der Waals surface area contributed by atoms with Gasteiger partial charge in [-0.3, -0.25) is 4.79 Å². The second-order valence-electron chi connectivity index (χ2n) is 3.76. The molecule has 0 fully saturated rings. The number of carbonyl (C=O) groups is 1. The normalized spacial score (nSPS) is 11.1. The van der Waals surface area contributed by atoms with Gasteiger partial charge in [0.15, 0.2) is 5.78 Å². The van der Waals surface area contributed by atoms with Gasteiger partial charge in [0.25, 0.3) is 0 Å². The van der Waals surface area contributed by atoms with Crippen molar-refractivity contribution in [3.05, 3.63) is 42.0 Å². The van der Waals surface area contributed by atoms with Crippen LogP contribution < -0.4 is 0 Å². The van der Waals surface area contributed by atoms with Crippen LogP contribution in [0.1, 0.15) is 12.0 Å². The van der Waals surface area contributed by atoms with E-state index in [2.05, 4.69) is 0 Å². The number of benzene rings is 1. The molecule has 2 nitrogen and oxygen atoms in total. The third-order valence-corrected chi connectivity index (χ3v) is 2.07. The Morgan fingerprint density at radius 1 is 1.27 bits per heavy atom. The maximum absolute atomic E-state index is 11.4. The predicted octanol–water partition coefficient (Wildman–Crippen LogP) is 2.22. The molecule has 0 unspecified atom stereocenters. The van der Waals surface area contributed by atoms with Crippen molar-refractivity contribution in [1.82, 2.24) is 4.90 Å². The SMILES string of the molecule is CN(C)CCC(=O)C=Cc1ccccc1. The third-order valence-electron chi connectivity index (χ3n) is 2.07. The van der Waals surface area contributed by atoms with Gasteiger partial charge in [-0.15, -0.1) is 0 Å². The molecule has 0 saturated heterocycles. The average molecular weight is 203 g/mol. The molecular formula is C13H17NO. The molecule has 2 heteroatoms. The molecule has 1 aromatic carbocycles. The Morgan fingerprint density at radius 3 is 2.53 bits per heavy atom. The number of ketones is 1. The lowest BCUT2D eigenvalue weighted by atomic mass is 10.2. The molecule has 1 aromatic rings. The molecule has 0 saturated carbocycles. The molecule has 80 valence electrons. The largest absolute Gasteiger partial charge is 0.309 e. The first kappa shape index (κ1) is 11.7. The van der Waals surface area contributed by atoms with E-state index >= 15 is 0 Å². The van der Waals surface area contributed by atoms with E-state index in [1.807, 2.05) is 55.4 Å². The number of carbonyl (C=O) groups excluding carboxylic acids is 1. The molecule has 1 rings (SSSR count). The van der Waals surface area contributed by atoms with Crippen LogP contribution in [0.25, 0.3) is 6.08 Å². The zero-order valence-corrected chi connectivity index (χ0v) is 9.31. The van der Waals surface area contributed by atoms with Gasteiger partial charge in [0.05, 0.1) is 0 Å². The Morgan fingerprint density at radius 2 is 1.93 bits per heavy atom. The van der Waals surface area contributed by atoms with Gasteiger partial charge in [0, 0.05) is 13.0 Å². The van der Waals surface area contributed by atoms with E-state index in [0.717, 1.165) is 12.1 Å². The van der Waals surface area contributed by atoms with Crippen LogP contribution in [0.3, 0.4) is 0 Å². The topological polar surface area (TPSA) is 20.3 Å². The predicted molar refractivity (Wildman–Crippen MR) is 63.7 cm³/mol. The first-order valence-electron chi connectivity index (χ1n) is 5.09. The van der Waals surface area contributed by atoms with Crippen molar-refractivity contribution in [2.75, 3.05) is 20.6 Å². The van der Waals surface area contributed by atoms with Crippen LogP contribution in [0.15, 0.2) is 36.4 Å². The molecule has 0 aliphatic heterocycles. The van der Waals surface area contributed by atoms with Crippen molar-refractivity contribution in [3.8, 4) is 0 Å². The number of rotatable bonds is 5. The molecule has 0 spiro atoms. The van der Waals surface area contributed by atoms with E-state index in [4.69, 9.17) is 0 Å². The molecule has 0 amide bonds. The lowest BCUT2D eigenvalue weighted by molar-refractivity contribution is -0.114. The first-order chi connectivity index (χ1) is 7.18. The smallest absolute Gasteiger partial charge is 0.156 e. The minimum Gasteiger partial charge on any atom is -0.309 e. The summed E-state index contributed by atoms with van der Waals surface area (Å²) in [6.45, 7) is 0.804. The van der Waals surface area contributed by atoms with E-state index in [1.165, 1.54) is 0 Å². The lowest BCUT2D eigenvalue weighted by Gasteiger charge is -2.06. The minimum atomic E-state index is 0.174. The summed E-state index contributed by atoms with van der Waals surface area (Å²) >= 11 is 0. The summed E-state index contributed by atoms with van der Waals surface area (Å²) in [4.78, 5) is 13.4. The summed E-state index contributed by atoms with van der Waals surface area (Å²) in [6.07, 6.45) is 4.09. The standard InChI is InChI=1S/C13H17NO/c1-14(2)11-10-13(15)9-8-12-6-4-3-5-7-12/h3-9H,10-11H2,1-2H3. The van der Waals surface area contributed by atoms with Crippen molar-refractivity contribution in [3.63, 3.8) is 0 Å². The third kappa shape index (κ3) is 5.13. The summed E-state index contributed by atoms with van der Waals surface area (Å²) in [7, 11) is 3.93. The van der Waals surface area contributed by atoms with E-state index in [9.17, 15) is 4.79 Å². The molecule has 0 atom stereocenters. The van der Waals surface area contributed by atoms with Gasteiger partial charge in [-0.2, -0.15) is 0 Å². The van der Waals surface area contributed by atoms with Gasteiger partial charge in [0.1, 0.15) is 0 Å². The first-order valence-corrected chi connectivity index (χ1v) is 5.09. The molecule has 0 bridgehead atoms. The van der Waals surface area contributed by atoms with Crippen LogP contribution in [-0.4, -0.2) is 31.3 Å². The second-order valence-corrected chi connectivity index (χ2v) is 3.76. The fourth-order valence-corrected chi connectivity index (χ4v) is 1.17. The molecule has 0 aliphatic rings. The summed E-state index contributed by atoms with van der Waals surface area (Å²) in [5.41, 5.74) is 1.07. The van der Waals surface area contributed by atoms with Gasteiger partial charge in [0.2, 0.25) is 0 Å². The quantitative estimate of drug-likeness (QED) is 0.684. The van der Waals surface area contributed by atoms with E-state index in [1.54, 1.807) is 6.08 Å². The van der Waals surface area contributed by atoms with Crippen molar-refractivity contribution >= 4 is 11.9 Å². The number of hydrogen-bond donors (Lipinski definition) is 0. The monoisotopic (exact) mass is 203 g/mol. The van der Waals surface area contributed by atoms with Gasteiger partial charge < -0.3 is 4.90 Å². The average Bonchev–Trinajstić information content (AvgIpc) is 2.25. The number of hydrogen-bond acceptors (Lipinski definition) is 2. The fraction of sp³-hybridized carbons (Fsp3) is 0.308. The van der Waals surface area contributed by atoms with Gasteiger partial charge in [-0.25, -0.2) is 0 Å². The Balaban J connectivity index is 2.41. The zero-order chi connectivity index (χ0) is 11.1. The van der Waals surface area contributed by atoms with Crippen LogP contribution in [-0.2, 0) is 4.79 Å². The molecule has 0 N–H and O–H groups in total. The summed E-state index contributed by atoms with van der Waals surface area (Å²) in [6, 6.07) is 9.85. The Kier molecular flexibility index (Phi) is 4.78. The Bertz CT molecular complexity index is 328. The van der Waals surface area contributed by atoms with Crippen molar-refractivity contribution < 1.29 is 4.79 Å². The van der Waals surface area contributed by atoms with Crippen LogP contribution in [0, 0.1) is 0 Å². The van der Waals surface area contributed by atoms with Crippen LogP contribution in [0.5, 0.6) is 0 Å². The van der Waals surface area contributed by atoms with Gasteiger partial charge >= 0.3 is 0 Å². The molecule has 0 radical (unpaired) electrons. The van der Waals surface area contributed by atoms with Crippen LogP contribution >= 0.6 is 0 Å². The van der Waals surface area contributed by atoms with Crippen LogP contribution in [0.4, 0.5) is 0 Å². The number of nitrogens with zero attached hydrogens (tertiary/aromatic N) is 1. The maximum atomic E-state index is 11.4. The highest BCUT2D eigenvalue weighted by molar-refractivity contribution is 5.93. The van der Waals surface area contributed by atoms with E-state index in [0.29, 0.717) is 6.42 Å². The number of allylic oxidation sites excluding steroid dienone is 1. The summed E-state index contributed by atoms with van der Waals surface area (Å²) in [5.74, 6) is 0.174. The maximum Gasteiger partial charge on any atom is 0.156 e. The highest BCUT2D eigenvalue weighted by Gasteiger charge is 1.97. The van der Waals surface area contributed by atoms with Crippen molar-refractivity contribution in [1.29, 1.82) is 0 Å². The molecule has 15 heavy (non-hydrogen) atoms. The molecule has 0 heterocycles. The highest BCUT2D eigenvalue weighted by Crippen LogP contribution is 2.01. The van der Waals surface area contributed by atoms with Crippen molar-refractivity contribution in [2.24, 2.45) is 0 Å².